The van der Waals surface area contributed by atoms with E-state index < -0.39 is 29.6 Å². The highest BCUT2D eigenvalue weighted by Gasteiger charge is 2.57. The second kappa shape index (κ2) is 6.79. The Morgan fingerprint density at radius 3 is 2.52 bits per heavy atom. The number of rotatable bonds is 4. The van der Waals surface area contributed by atoms with Crippen LogP contribution in [0.3, 0.4) is 0 Å². The van der Waals surface area contributed by atoms with Crippen LogP contribution in [0.15, 0.2) is 24.3 Å². The van der Waals surface area contributed by atoms with Gasteiger partial charge in [0.15, 0.2) is 6.61 Å². The molecule has 4 saturated carbocycles. The molecule has 0 radical (unpaired) electrons. The zero-order chi connectivity index (χ0) is 22.0. The normalized spacial score (nSPS) is 34.8. The first-order chi connectivity index (χ1) is 14.6. The molecule has 1 heterocycles. The van der Waals surface area contributed by atoms with Crippen LogP contribution in [0, 0.1) is 17.3 Å². The van der Waals surface area contributed by atoms with Crippen molar-refractivity contribution >= 4 is 29.2 Å². The Kier molecular flexibility index (Phi) is 4.49. The molecule has 7 heteroatoms. The Morgan fingerprint density at radius 1 is 1.16 bits per heavy atom. The van der Waals surface area contributed by atoms with Crippen LogP contribution in [0.1, 0.15) is 58.8 Å². The van der Waals surface area contributed by atoms with Crippen LogP contribution in [-0.2, 0) is 19.1 Å². The van der Waals surface area contributed by atoms with E-state index in [2.05, 4.69) is 5.32 Å². The second-order valence-corrected chi connectivity index (χ2v) is 10.8. The molecule has 0 spiro atoms. The van der Waals surface area contributed by atoms with Crippen molar-refractivity contribution < 1.29 is 24.2 Å². The molecule has 2 unspecified atom stereocenters. The monoisotopic (exact) mass is 426 g/mol. The van der Waals surface area contributed by atoms with Gasteiger partial charge in [0, 0.05) is 0 Å². The molecule has 4 fully saturated rings. The van der Waals surface area contributed by atoms with Gasteiger partial charge in [-0.05, 0) is 81.8 Å². The van der Waals surface area contributed by atoms with Crippen molar-refractivity contribution in [3.8, 4) is 0 Å². The maximum Gasteiger partial charge on any atom is 0.306 e. The maximum atomic E-state index is 13.1. The molecule has 4 atom stereocenters. The molecule has 6 rings (SSSR count). The molecule has 5 aliphatic rings. The van der Waals surface area contributed by atoms with Crippen LogP contribution in [0.2, 0.25) is 0 Å². The molecular formula is C24H30N2O5. The van der Waals surface area contributed by atoms with Crippen LogP contribution in [0.25, 0.3) is 0 Å². The molecule has 4 bridgehead atoms. The number of carbonyl (C=O) groups excluding carboxylic acids is 3. The van der Waals surface area contributed by atoms with E-state index in [9.17, 15) is 19.5 Å². The van der Waals surface area contributed by atoms with E-state index >= 15 is 0 Å². The van der Waals surface area contributed by atoms with Crippen LogP contribution in [0.4, 0.5) is 11.4 Å². The molecule has 7 nitrogen and oxygen atoms in total. The molecule has 1 aromatic carbocycles. The first-order valence-corrected chi connectivity index (χ1v) is 11.2. The van der Waals surface area contributed by atoms with E-state index in [1.54, 1.807) is 38.1 Å². The first kappa shape index (κ1) is 20.5. The molecule has 0 aromatic heterocycles. The van der Waals surface area contributed by atoms with Gasteiger partial charge in [-0.3, -0.25) is 19.3 Å². The molecule has 166 valence electrons. The lowest BCUT2D eigenvalue weighted by atomic mass is 9.47. The summed E-state index contributed by atoms with van der Waals surface area (Å²) in [5.74, 6) is -0.126. The summed E-state index contributed by atoms with van der Waals surface area (Å²) in [5, 5.41) is 13.7. The Balaban J connectivity index is 1.27. The Morgan fingerprint density at radius 2 is 1.84 bits per heavy atom. The summed E-state index contributed by atoms with van der Waals surface area (Å²) in [6, 6.07) is 7.11. The Bertz CT molecular complexity index is 941. The minimum atomic E-state index is -1.10. The van der Waals surface area contributed by atoms with Crippen molar-refractivity contribution in [3.05, 3.63) is 24.3 Å². The van der Waals surface area contributed by atoms with Gasteiger partial charge in [-0.25, -0.2) is 0 Å². The highest BCUT2D eigenvalue weighted by molar-refractivity contribution is 6.14. The van der Waals surface area contributed by atoms with Gasteiger partial charge in [-0.2, -0.15) is 0 Å². The summed E-state index contributed by atoms with van der Waals surface area (Å²) in [7, 11) is 0. The van der Waals surface area contributed by atoms with Crippen molar-refractivity contribution in [2.45, 2.75) is 69.9 Å². The molecule has 2 N–H and O–H groups in total. The summed E-state index contributed by atoms with van der Waals surface area (Å²) in [5.41, 5.74) is -0.767. The third kappa shape index (κ3) is 3.43. The van der Waals surface area contributed by atoms with Gasteiger partial charge in [0.25, 0.3) is 5.91 Å². The number of hydrogen-bond donors (Lipinski definition) is 2. The summed E-state index contributed by atoms with van der Waals surface area (Å²) in [6.45, 7) is 2.94. The predicted molar refractivity (Wildman–Crippen MR) is 114 cm³/mol. The van der Waals surface area contributed by atoms with Crippen LogP contribution >= 0.6 is 0 Å². The average molecular weight is 427 g/mol. The minimum Gasteiger partial charge on any atom is -0.456 e. The van der Waals surface area contributed by atoms with Crippen molar-refractivity contribution in [1.82, 2.24) is 0 Å². The fourth-order valence-electron chi connectivity index (χ4n) is 7.07. The first-order valence-electron chi connectivity index (χ1n) is 11.2. The van der Waals surface area contributed by atoms with Gasteiger partial charge >= 0.3 is 5.97 Å². The fourth-order valence-corrected chi connectivity index (χ4v) is 7.07. The standard InChI is InChI=1S/C24H30N2O5/c1-22(2)21(29)25-17-5-3-4-6-18(17)26(22)19(27)13-31-20(28)12-23-8-15-7-16(9-23)11-24(30,10-15)14-23/h3-6,15-16,30H,7-14H2,1-2H3,(H,25,29)/t15-,16+,23?,24?. The van der Waals surface area contributed by atoms with Crippen LogP contribution in [-0.4, -0.2) is 40.6 Å². The SMILES string of the molecule is CC1(C)C(=O)Nc2ccccc2N1C(=O)COC(=O)CC12C[C@@H]3C[C@@H](CC(O)(C3)C1)C2. The summed E-state index contributed by atoms with van der Waals surface area (Å²) < 4.78 is 5.43. The third-order valence-electron chi connectivity index (χ3n) is 7.78. The van der Waals surface area contributed by atoms with E-state index in [0.29, 0.717) is 29.6 Å². The quantitative estimate of drug-likeness (QED) is 0.722. The lowest BCUT2D eigenvalue weighted by Gasteiger charge is -2.60. The number of ether oxygens (including phenoxy) is 1. The highest BCUT2D eigenvalue weighted by Crippen LogP contribution is 2.62. The number of carbonyl (C=O) groups is 3. The smallest absolute Gasteiger partial charge is 0.306 e. The van der Waals surface area contributed by atoms with E-state index in [-0.39, 0.29) is 17.7 Å². The average Bonchev–Trinajstić information content (AvgIpc) is 2.64. The second-order valence-electron chi connectivity index (χ2n) is 10.8. The number of nitrogens with one attached hydrogen (secondary N) is 1. The van der Waals surface area contributed by atoms with Crippen molar-refractivity contribution in [2.75, 3.05) is 16.8 Å². The summed E-state index contributed by atoms with van der Waals surface area (Å²) >= 11 is 0. The Labute approximate surface area is 182 Å². The minimum absolute atomic E-state index is 0.199. The predicted octanol–water partition coefficient (Wildman–Crippen LogP) is 3.01. The topological polar surface area (TPSA) is 95.9 Å². The number of amides is 2. The molecule has 1 aliphatic heterocycles. The number of aliphatic hydroxyl groups is 1. The van der Waals surface area contributed by atoms with Gasteiger partial charge in [0.1, 0.15) is 5.54 Å². The number of fused-ring (bicyclic) bond motifs is 1. The summed E-state index contributed by atoms with van der Waals surface area (Å²) in [4.78, 5) is 39.8. The van der Waals surface area contributed by atoms with Crippen molar-refractivity contribution in [3.63, 3.8) is 0 Å². The molecule has 4 aliphatic carbocycles. The third-order valence-corrected chi connectivity index (χ3v) is 7.78. The Hall–Kier alpha value is -2.41. The number of nitrogens with zero attached hydrogens (tertiary/aromatic N) is 1. The molecule has 0 saturated heterocycles. The van der Waals surface area contributed by atoms with E-state index in [4.69, 9.17) is 4.74 Å². The van der Waals surface area contributed by atoms with E-state index in [0.717, 1.165) is 32.1 Å². The number of anilines is 2. The van der Waals surface area contributed by atoms with Crippen molar-refractivity contribution in [1.29, 1.82) is 0 Å². The van der Waals surface area contributed by atoms with Gasteiger partial charge < -0.3 is 15.2 Å². The van der Waals surface area contributed by atoms with Gasteiger partial charge in [-0.1, -0.05) is 12.1 Å². The van der Waals surface area contributed by atoms with Crippen LogP contribution < -0.4 is 10.2 Å². The maximum absolute atomic E-state index is 13.1. The summed E-state index contributed by atoms with van der Waals surface area (Å²) in [6.07, 6.45) is 5.68. The van der Waals surface area contributed by atoms with Gasteiger partial charge in [0.2, 0.25) is 5.91 Å². The number of benzene rings is 1. The molecule has 31 heavy (non-hydrogen) atoms. The van der Waals surface area contributed by atoms with Crippen molar-refractivity contribution in [2.24, 2.45) is 17.3 Å². The highest BCUT2D eigenvalue weighted by atomic mass is 16.5. The number of esters is 1. The lowest BCUT2D eigenvalue weighted by molar-refractivity contribution is -0.177. The largest absolute Gasteiger partial charge is 0.456 e. The fraction of sp³-hybridized carbons (Fsp3) is 0.625. The van der Waals surface area contributed by atoms with E-state index in [1.807, 2.05) is 0 Å². The number of para-hydroxylation sites is 2. The number of hydrogen-bond acceptors (Lipinski definition) is 5. The van der Waals surface area contributed by atoms with Gasteiger partial charge in [-0.15, -0.1) is 0 Å². The zero-order valence-electron chi connectivity index (χ0n) is 18.1. The molecule has 2 amide bonds. The molecular weight excluding hydrogens is 396 g/mol. The van der Waals surface area contributed by atoms with Gasteiger partial charge in [0.05, 0.1) is 23.4 Å². The lowest BCUT2D eigenvalue weighted by Crippen LogP contribution is -2.59. The molecule has 1 aromatic rings. The van der Waals surface area contributed by atoms with E-state index in [1.165, 1.54) is 4.90 Å². The van der Waals surface area contributed by atoms with Crippen LogP contribution in [0.5, 0.6) is 0 Å². The zero-order valence-corrected chi connectivity index (χ0v) is 18.1.